The number of rotatable bonds is 4. The van der Waals surface area contributed by atoms with Crippen LogP contribution >= 0.6 is 11.6 Å². The fraction of sp³-hybridized carbons (Fsp3) is 0.308. The van der Waals surface area contributed by atoms with Gasteiger partial charge in [-0.1, -0.05) is 29.8 Å². The third-order valence-corrected chi connectivity index (χ3v) is 8.22. The topological polar surface area (TPSA) is 107 Å². The number of aryl methyl sites for hydroxylation is 1. The summed E-state index contributed by atoms with van der Waals surface area (Å²) in [5.74, 6) is -0.211. The van der Waals surface area contributed by atoms with Crippen molar-refractivity contribution >= 4 is 50.5 Å². The standard InChI is InChI=1S/C25H26ClN3O3S.CH2O2/c1-28-11-2-3-17-14-22(8-5-20(17)16-28)29-12-10-24(25(29)30)27-33(31,32)23-9-6-18-13-21(26)7-4-19(18)15-23;2-1-3/h4-9,13-15,24,27H,2-3,10-12,16H2,1H3;1H,(H,2,3)/t24-;/m0./s1. The summed E-state index contributed by atoms with van der Waals surface area (Å²) in [4.78, 5) is 25.6. The molecule has 10 heteroatoms. The average molecular weight is 530 g/mol. The van der Waals surface area contributed by atoms with Crippen LogP contribution in [0, 0.1) is 0 Å². The molecule has 0 spiro atoms. The Morgan fingerprint density at radius 1 is 1.03 bits per heavy atom. The molecule has 0 aliphatic carbocycles. The van der Waals surface area contributed by atoms with Crippen LogP contribution in [0.5, 0.6) is 0 Å². The summed E-state index contributed by atoms with van der Waals surface area (Å²) < 4.78 is 28.7. The Balaban J connectivity index is 0.000000967. The maximum Gasteiger partial charge on any atom is 0.290 e. The first kappa shape index (κ1) is 26.1. The van der Waals surface area contributed by atoms with Crippen LogP contribution in [0.2, 0.25) is 5.02 Å². The Morgan fingerprint density at radius 2 is 1.75 bits per heavy atom. The van der Waals surface area contributed by atoms with Gasteiger partial charge >= 0.3 is 0 Å². The molecule has 2 aliphatic rings. The predicted octanol–water partition coefficient (Wildman–Crippen LogP) is 3.66. The van der Waals surface area contributed by atoms with E-state index in [9.17, 15) is 13.2 Å². The van der Waals surface area contributed by atoms with Crippen LogP contribution < -0.4 is 9.62 Å². The lowest BCUT2D eigenvalue weighted by Gasteiger charge is -2.20. The summed E-state index contributed by atoms with van der Waals surface area (Å²) >= 11 is 6.02. The van der Waals surface area contributed by atoms with Crippen LogP contribution in [0.1, 0.15) is 24.0 Å². The average Bonchev–Trinajstić information content (AvgIpc) is 3.07. The minimum absolute atomic E-state index is 0.137. The third kappa shape index (κ3) is 5.70. The van der Waals surface area contributed by atoms with E-state index in [2.05, 4.69) is 28.8 Å². The molecule has 36 heavy (non-hydrogen) atoms. The molecule has 0 radical (unpaired) electrons. The van der Waals surface area contributed by atoms with Gasteiger partial charge in [-0.3, -0.25) is 9.59 Å². The van der Waals surface area contributed by atoms with Crippen molar-refractivity contribution in [1.29, 1.82) is 0 Å². The Bertz CT molecular complexity index is 1400. The van der Waals surface area contributed by atoms with Gasteiger partial charge in [0, 0.05) is 23.8 Å². The zero-order chi connectivity index (χ0) is 25.9. The summed E-state index contributed by atoms with van der Waals surface area (Å²) in [6.45, 7) is 2.20. The molecule has 3 aromatic rings. The van der Waals surface area contributed by atoms with Gasteiger partial charge in [0.05, 0.1) is 4.90 Å². The number of nitrogens with one attached hydrogen (secondary N) is 1. The van der Waals surface area contributed by atoms with Gasteiger partial charge in [-0.15, -0.1) is 0 Å². The molecule has 5 rings (SSSR count). The predicted molar refractivity (Wildman–Crippen MR) is 140 cm³/mol. The van der Waals surface area contributed by atoms with E-state index in [1.54, 1.807) is 41.3 Å². The van der Waals surface area contributed by atoms with Crippen LogP contribution in [-0.4, -0.2) is 57.0 Å². The zero-order valence-corrected chi connectivity index (χ0v) is 21.4. The fourth-order valence-corrected chi connectivity index (χ4v) is 6.18. The molecule has 2 heterocycles. The minimum Gasteiger partial charge on any atom is -0.483 e. The van der Waals surface area contributed by atoms with E-state index in [0.29, 0.717) is 18.0 Å². The highest BCUT2D eigenvalue weighted by atomic mass is 35.5. The Hall–Kier alpha value is -2.98. The van der Waals surface area contributed by atoms with E-state index < -0.39 is 16.1 Å². The molecule has 1 fully saturated rings. The lowest BCUT2D eigenvalue weighted by atomic mass is 10.0. The molecule has 2 N–H and O–H groups in total. The molecular weight excluding hydrogens is 502 g/mol. The number of carboxylic acid groups (broad SMARTS) is 1. The number of nitrogens with zero attached hydrogens (tertiary/aromatic N) is 2. The fourth-order valence-electron chi connectivity index (χ4n) is 4.74. The maximum absolute atomic E-state index is 13.1. The molecular formula is C26H28ClN3O5S. The lowest BCUT2D eigenvalue weighted by Crippen LogP contribution is -2.41. The number of benzene rings is 3. The van der Waals surface area contributed by atoms with Crippen molar-refractivity contribution in [3.63, 3.8) is 0 Å². The summed E-state index contributed by atoms with van der Waals surface area (Å²) in [6.07, 6.45) is 2.50. The third-order valence-electron chi connectivity index (χ3n) is 6.51. The summed E-state index contributed by atoms with van der Waals surface area (Å²) in [7, 11) is -1.73. The van der Waals surface area contributed by atoms with Gasteiger partial charge in [0.15, 0.2) is 0 Å². The quantitative estimate of drug-likeness (QED) is 0.500. The van der Waals surface area contributed by atoms with Crippen molar-refractivity contribution in [3.8, 4) is 0 Å². The number of amides is 1. The highest BCUT2D eigenvalue weighted by Crippen LogP contribution is 2.28. The number of anilines is 1. The summed E-state index contributed by atoms with van der Waals surface area (Å²) in [5, 5.41) is 9.12. The molecule has 190 valence electrons. The van der Waals surface area contributed by atoms with Crippen molar-refractivity contribution in [1.82, 2.24) is 9.62 Å². The number of hydrogen-bond donors (Lipinski definition) is 2. The van der Waals surface area contributed by atoms with E-state index in [-0.39, 0.29) is 17.3 Å². The molecule has 1 atom stereocenters. The normalized spacial score (nSPS) is 18.3. The number of carbonyl (C=O) groups is 2. The second-order valence-electron chi connectivity index (χ2n) is 9.01. The van der Waals surface area contributed by atoms with Crippen molar-refractivity contribution in [2.75, 3.05) is 25.0 Å². The van der Waals surface area contributed by atoms with Crippen molar-refractivity contribution < 1.29 is 23.1 Å². The molecule has 0 aromatic heterocycles. The van der Waals surface area contributed by atoms with Gasteiger partial charge in [0.2, 0.25) is 15.9 Å². The van der Waals surface area contributed by atoms with Crippen LogP contribution in [0.4, 0.5) is 5.69 Å². The van der Waals surface area contributed by atoms with E-state index in [1.165, 1.54) is 11.1 Å². The van der Waals surface area contributed by atoms with Crippen molar-refractivity contribution in [3.05, 3.63) is 70.7 Å². The Morgan fingerprint density at radius 3 is 2.53 bits per heavy atom. The smallest absolute Gasteiger partial charge is 0.290 e. The molecule has 3 aromatic carbocycles. The number of carbonyl (C=O) groups excluding carboxylic acids is 1. The molecule has 1 saturated heterocycles. The zero-order valence-electron chi connectivity index (χ0n) is 19.9. The van der Waals surface area contributed by atoms with Crippen LogP contribution in [0.15, 0.2) is 59.5 Å². The summed E-state index contributed by atoms with van der Waals surface area (Å²) in [6, 6.07) is 15.6. The molecule has 1 amide bonds. The molecule has 0 unspecified atom stereocenters. The molecule has 0 bridgehead atoms. The summed E-state index contributed by atoms with van der Waals surface area (Å²) in [5.41, 5.74) is 3.40. The molecule has 8 nitrogen and oxygen atoms in total. The first-order chi connectivity index (χ1) is 17.2. The monoisotopic (exact) mass is 529 g/mol. The number of hydrogen-bond acceptors (Lipinski definition) is 5. The van der Waals surface area contributed by atoms with Crippen LogP contribution in [-0.2, 0) is 32.6 Å². The maximum atomic E-state index is 13.1. The van der Waals surface area contributed by atoms with E-state index in [4.69, 9.17) is 21.5 Å². The van der Waals surface area contributed by atoms with Crippen LogP contribution in [0.25, 0.3) is 10.8 Å². The first-order valence-electron chi connectivity index (χ1n) is 11.6. The van der Waals surface area contributed by atoms with E-state index in [1.807, 2.05) is 6.07 Å². The second kappa shape index (κ2) is 11.0. The van der Waals surface area contributed by atoms with Gasteiger partial charge < -0.3 is 14.9 Å². The van der Waals surface area contributed by atoms with Crippen molar-refractivity contribution in [2.45, 2.75) is 36.7 Å². The molecule has 0 saturated carbocycles. The van der Waals surface area contributed by atoms with E-state index >= 15 is 0 Å². The minimum atomic E-state index is -3.85. The Labute approximate surface area is 215 Å². The van der Waals surface area contributed by atoms with Gasteiger partial charge in [0.1, 0.15) is 6.04 Å². The number of fused-ring (bicyclic) bond motifs is 2. The second-order valence-corrected chi connectivity index (χ2v) is 11.2. The van der Waals surface area contributed by atoms with Gasteiger partial charge in [0.25, 0.3) is 6.47 Å². The SMILES string of the molecule is CN1CCCc2cc(N3CC[C@H](NS(=O)(=O)c4ccc5cc(Cl)ccc5c4)C3=O)ccc2C1.O=CO. The largest absolute Gasteiger partial charge is 0.483 e. The highest BCUT2D eigenvalue weighted by Gasteiger charge is 2.36. The number of halogens is 1. The first-order valence-corrected chi connectivity index (χ1v) is 13.5. The van der Waals surface area contributed by atoms with Gasteiger partial charge in [-0.25, -0.2) is 8.42 Å². The van der Waals surface area contributed by atoms with Crippen molar-refractivity contribution in [2.24, 2.45) is 0 Å². The molecule has 2 aliphatic heterocycles. The highest BCUT2D eigenvalue weighted by molar-refractivity contribution is 7.89. The Kier molecular flexibility index (Phi) is 7.94. The van der Waals surface area contributed by atoms with Crippen LogP contribution in [0.3, 0.4) is 0 Å². The number of sulfonamides is 1. The van der Waals surface area contributed by atoms with Gasteiger partial charge in [-0.2, -0.15) is 4.72 Å². The van der Waals surface area contributed by atoms with E-state index in [0.717, 1.165) is 42.4 Å². The van der Waals surface area contributed by atoms with Gasteiger partial charge in [-0.05, 0) is 91.2 Å². The lowest BCUT2D eigenvalue weighted by molar-refractivity contribution is -0.123.